The number of hydrogen-bond donors (Lipinski definition) is 1. The molecule has 4 saturated carbocycles. The van der Waals surface area contributed by atoms with E-state index in [2.05, 4.69) is 17.2 Å². The van der Waals surface area contributed by atoms with Crippen molar-refractivity contribution in [1.29, 1.82) is 0 Å². The van der Waals surface area contributed by atoms with Crippen molar-refractivity contribution in [2.24, 2.45) is 23.7 Å². The predicted octanol–water partition coefficient (Wildman–Crippen LogP) is 1.94. The van der Waals surface area contributed by atoms with Crippen LogP contribution in [-0.4, -0.2) is 20.1 Å². The molecule has 4 aliphatic rings. The van der Waals surface area contributed by atoms with Gasteiger partial charge in [0.15, 0.2) is 0 Å². The first-order valence-corrected chi connectivity index (χ1v) is 7.33. The van der Waals surface area contributed by atoms with E-state index in [0.29, 0.717) is 11.8 Å². The molecule has 1 aromatic rings. The normalized spacial score (nSPS) is 45.7. The van der Waals surface area contributed by atoms with Crippen LogP contribution in [0.5, 0.6) is 0 Å². The van der Waals surface area contributed by atoms with Crippen molar-refractivity contribution in [1.82, 2.24) is 15.0 Å². The summed E-state index contributed by atoms with van der Waals surface area (Å²) in [6, 6.07) is 0. The summed E-state index contributed by atoms with van der Waals surface area (Å²) in [7, 11) is 0. The molecule has 4 fully saturated rings. The van der Waals surface area contributed by atoms with E-state index < -0.39 is 5.60 Å². The number of aliphatic hydroxyl groups is 1. The Labute approximate surface area is 107 Å². The second-order valence-corrected chi connectivity index (χ2v) is 6.56. The fourth-order valence-electron chi connectivity index (χ4n) is 5.12. The van der Waals surface area contributed by atoms with Crippen molar-refractivity contribution >= 4 is 0 Å². The molecule has 4 nitrogen and oxygen atoms in total. The van der Waals surface area contributed by atoms with Crippen molar-refractivity contribution in [3.8, 4) is 0 Å². The molecule has 4 bridgehead atoms. The largest absolute Gasteiger partial charge is 0.383 e. The minimum absolute atomic E-state index is 0.442. The van der Waals surface area contributed by atoms with Crippen molar-refractivity contribution in [2.75, 3.05) is 0 Å². The zero-order valence-electron chi connectivity index (χ0n) is 10.9. The van der Waals surface area contributed by atoms with Crippen molar-refractivity contribution < 1.29 is 5.11 Å². The van der Waals surface area contributed by atoms with Gasteiger partial charge in [0.05, 0.1) is 11.9 Å². The maximum absolute atomic E-state index is 11.4. The van der Waals surface area contributed by atoms with E-state index in [1.807, 2.05) is 4.68 Å². The molecule has 0 atom stereocenters. The van der Waals surface area contributed by atoms with Crippen molar-refractivity contribution in [3.63, 3.8) is 0 Å². The van der Waals surface area contributed by atoms with Gasteiger partial charge >= 0.3 is 0 Å². The van der Waals surface area contributed by atoms with Crippen LogP contribution in [0.3, 0.4) is 0 Å². The van der Waals surface area contributed by atoms with Gasteiger partial charge < -0.3 is 5.11 Å². The summed E-state index contributed by atoms with van der Waals surface area (Å²) in [5, 5.41) is 19.5. The van der Waals surface area contributed by atoms with Crippen LogP contribution in [0, 0.1) is 23.7 Å². The predicted molar refractivity (Wildman–Crippen MR) is 66.6 cm³/mol. The Morgan fingerprint density at radius 3 is 2.39 bits per heavy atom. The van der Waals surface area contributed by atoms with Crippen LogP contribution in [0.15, 0.2) is 6.20 Å². The molecule has 1 N–H and O–H groups in total. The molecule has 0 unspecified atom stereocenters. The van der Waals surface area contributed by atoms with Crippen LogP contribution in [0.4, 0.5) is 0 Å². The van der Waals surface area contributed by atoms with Gasteiger partial charge in [-0.05, 0) is 62.7 Å². The van der Waals surface area contributed by atoms with Crippen LogP contribution < -0.4 is 0 Å². The molecular formula is C14H21N3O. The third-order valence-corrected chi connectivity index (χ3v) is 5.71. The number of rotatable bonds is 2. The number of aromatic nitrogens is 3. The minimum Gasteiger partial charge on any atom is -0.383 e. The van der Waals surface area contributed by atoms with E-state index in [9.17, 15) is 5.11 Å². The van der Waals surface area contributed by atoms with Crippen LogP contribution in [0.1, 0.15) is 44.7 Å². The van der Waals surface area contributed by atoms with Gasteiger partial charge in [0.1, 0.15) is 5.60 Å². The van der Waals surface area contributed by atoms with E-state index in [1.54, 1.807) is 6.20 Å². The first-order valence-electron chi connectivity index (χ1n) is 7.33. The Hall–Kier alpha value is -0.900. The summed E-state index contributed by atoms with van der Waals surface area (Å²) < 4.78 is 1.89. The number of hydrogen-bond acceptors (Lipinski definition) is 3. The fourth-order valence-corrected chi connectivity index (χ4v) is 5.12. The molecule has 18 heavy (non-hydrogen) atoms. The van der Waals surface area contributed by atoms with Gasteiger partial charge in [-0.3, -0.25) is 0 Å². The molecule has 0 aromatic carbocycles. The van der Waals surface area contributed by atoms with Gasteiger partial charge in [-0.15, -0.1) is 5.10 Å². The zero-order valence-corrected chi connectivity index (χ0v) is 10.9. The van der Waals surface area contributed by atoms with Crippen molar-refractivity contribution in [2.45, 2.75) is 51.2 Å². The molecule has 0 spiro atoms. The Morgan fingerprint density at radius 1 is 1.22 bits per heavy atom. The summed E-state index contributed by atoms with van der Waals surface area (Å²) in [4.78, 5) is 0. The van der Waals surface area contributed by atoms with Gasteiger partial charge in [0.25, 0.3) is 0 Å². The van der Waals surface area contributed by atoms with E-state index in [4.69, 9.17) is 0 Å². The molecule has 5 rings (SSSR count). The van der Waals surface area contributed by atoms with Crippen LogP contribution in [0.2, 0.25) is 0 Å². The standard InChI is InChI=1S/C14H21N3O/c1-2-17-13(8-15-16-17)14(18)11-4-9-3-10(6-11)7-12(14)5-9/h8-12,18H,2-7H2,1H3. The summed E-state index contributed by atoms with van der Waals surface area (Å²) in [6.45, 7) is 2.86. The third-order valence-electron chi connectivity index (χ3n) is 5.71. The Morgan fingerprint density at radius 2 is 1.83 bits per heavy atom. The average molecular weight is 247 g/mol. The van der Waals surface area contributed by atoms with Crippen molar-refractivity contribution in [3.05, 3.63) is 11.9 Å². The van der Waals surface area contributed by atoms with Gasteiger partial charge in [0, 0.05) is 6.54 Å². The maximum Gasteiger partial charge on any atom is 0.113 e. The highest BCUT2D eigenvalue weighted by Crippen LogP contribution is 2.61. The first kappa shape index (κ1) is 11.0. The first-order chi connectivity index (χ1) is 8.71. The van der Waals surface area contributed by atoms with Crippen LogP contribution in [0.25, 0.3) is 0 Å². The van der Waals surface area contributed by atoms with Gasteiger partial charge in [0.2, 0.25) is 0 Å². The number of nitrogens with zero attached hydrogens (tertiary/aromatic N) is 3. The lowest BCUT2D eigenvalue weighted by atomic mass is 9.49. The molecule has 98 valence electrons. The smallest absolute Gasteiger partial charge is 0.113 e. The lowest BCUT2D eigenvalue weighted by Crippen LogP contribution is -2.56. The van der Waals surface area contributed by atoms with E-state index in [0.717, 1.165) is 24.1 Å². The Bertz CT molecular complexity index is 439. The summed E-state index contributed by atoms with van der Waals surface area (Å²) in [5.41, 5.74) is 0.325. The highest BCUT2D eigenvalue weighted by Gasteiger charge is 2.58. The molecule has 4 aliphatic carbocycles. The quantitative estimate of drug-likeness (QED) is 0.869. The third kappa shape index (κ3) is 1.25. The fraction of sp³-hybridized carbons (Fsp3) is 0.857. The lowest BCUT2D eigenvalue weighted by Gasteiger charge is -2.58. The molecular weight excluding hydrogens is 226 g/mol. The molecule has 0 aliphatic heterocycles. The highest BCUT2D eigenvalue weighted by molar-refractivity contribution is 5.19. The zero-order chi connectivity index (χ0) is 12.3. The second kappa shape index (κ2) is 3.56. The summed E-state index contributed by atoms with van der Waals surface area (Å²) >= 11 is 0. The van der Waals surface area contributed by atoms with Gasteiger partial charge in [-0.2, -0.15) is 0 Å². The van der Waals surface area contributed by atoms with E-state index in [-0.39, 0.29) is 0 Å². The highest BCUT2D eigenvalue weighted by atomic mass is 16.3. The minimum atomic E-state index is -0.646. The molecule has 4 heteroatoms. The Balaban J connectivity index is 1.79. The summed E-state index contributed by atoms with van der Waals surface area (Å²) in [5.74, 6) is 2.63. The van der Waals surface area contributed by atoms with Crippen LogP contribution >= 0.6 is 0 Å². The van der Waals surface area contributed by atoms with E-state index in [1.165, 1.54) is 32.1 Å². The molecule has 1 heterocycles. The average Bonchev–Trinajstić information content (AvgIpc) is 2.83. The number of aryl methyl sites for hydroxylation is 1. The summed E-state index contributed by atoms with van der Waals surface area (Å²) in [6.07, 6.45) is 8.04. The van der Waals surface area contributed by atoms with Crippen LogP contribution in [-0.2, 0) is 12.1 Å². The van der Waals surface area contributed by atoms with Gasteiger partial charge in [-0.1, -0.05) is 5.21 Å². The lowest BCUT2D eigenvalue weighted by molar-refractivity contribution is -0.183. The topological polar surface area (TPSA) is 50.9 Å². The molecule has 0 radical (unpaired) electrons. The second-order valence-electron chi connectivity index (χ2n) is 6.56. The maximum atomic E-state index is 11.4. The van der Waals surface area contributed by atoms with E-state index >= 15 is 0 Å². The molecule has 0 saturated heterocycles. The van der Waals surface area contributed by atoms with Gasteiger partial charge in [-0.25, -0.2) is 4.68 Å². The monoisotopic (exact) mass is 247 g/mol. The Kier molecular flexibility index (Phi) is 2.17. The molecule has 1 aromatic heterocycles. The SMILES string of the molecule is CCn1nncc1C1(O)C2CC3CC(C2)CC1C3. The molecule has 0 amide bonds.